The van der Waals surface area contributed by atoms with E-state index in [0.717, 1.165) is 0 Å². The highest BCUT2D eigenvalue weighted by atomic mass is 16.4. The van der Waals surface area contributed by atoms with Crippen molar-refractivity contribution in [1.29, 1.82) is 0 Å². The molecule has 36 heavy (non-hydrogen) atoms. The minimum Gasteiger partial charge on any atom is -0.508 e. The minimum absolute atomic E-state index is 0.0184. The van der Waals surface area contributed by atoms with Gasteiger partial charge >= 0.3 is 11.9 Å². The average molecular weight is 509 g/mol. The maximum Gasteiger partial charge on any atom is 0.326 e. The Balaban J connectivity index is 3.01. The zero-order chi connectivity index (χ0) is 27.6. The van der Waals surface area contributed by atoms with Crippen molar-refractivity contribution in [1.82, 2.24) is 16.0 Å². The van der Waals surface area contributed by atoms with Crippen molar-refractivity contribution in [2.45, 2.75) is 71.1 Å². The van der Waals surface area contributed by atoms with Crippen molar-refractivity contribution >= 4 is 29.7 Å². The zero-order valence-corrected chi connectivity index (χ0v) is 20.9. The van der Waals surface area contributed by atoms with E-state index in [2.05, 4.69) is 16.0 Å². The summed E-state index contributed by atoms with van der Waals surface area (Å²) < 4.78 is 0. The van der Waals surface area contributed by atoms with Gasteiger partial charge in [0.1, 0.15) is 23.9 Å². The number of carboxylic acid groups (broad SMARTS) is 2. The number of phenols is 1. The van der Waals surface area contributed by atoms with Gasteiger partial charge in [0.2, 0.25) is 17.7 Å². The van der Waals surface area contributed by atoms with E-state index < -0.39 is 66.2 Å². The molecule has 0 spiro atoms. The molecule has 0 heterocycles. The van der Waals surface area contributed by atoms with Crippen molar-refractivity contribution in [2.24, 2.45) is 17.6 Å². The van der Waals surface area contributed by atoms with Gasteiger partial charge in [0.25, 0.3) is 0 Å². The monoisotopic (exact) mass is 508 g/mol. The molecule has 0 fully saturated rings. The fourth-order valence-electron chi connectivity index (χ4n) is 3.35. The molecule has 8 N–H and O–H groups in total. The van der Waals surface area contributed by atoms with Crippen LogP contribution in [0, 0.1) is 11.8 Å². The Kier molecular flexibility index (Phi) is 11.8. The summed E-state index contributed by atoms with van der Waals surface area (Å²) in [6, 6.07) is 1.02. The van der Waals surface area contributed by atoms with E-state index in [9.17, 15) is 34.2 Å². The molecule has 1 aromatic carbocycles. The molecule has 0 saturated carbocycles. The molecule has 200 valence electrons. The first-order chi connectivity index (χ1) is 16.8. The molecule has 1 aromatic rings. The van der Waals surface area contributed by atoms with Crippen molar-refractivity contribution in [3.63, 3.8) is 0 Å². The van der Waals surface area contributed by atoms with E-state index in [1.165, 1.54) is 24.3 Å². The molecule has 12 heteroatoms. The predicted molar refractivity (Wildman–Crippen MR) is 130 cm³/mol. The molecule has 0 aliphatic rings. The molecule has 1 rings (SSSR count). The third kappa shape index (κ3) is 9.53. The molecule has 0 aliphatic heterocycles. The Labute approximate surface area is 209 Å². The number of amides is 3. The van der Waals surface area contributed by atoms with Crippen molar-refractivity contribution in [3.8, 4) is 5.75 Å². The lowest BCUT2D eigenvalue weighted by molar-refractivity contribution is -0.142. The number of rotatable bonds is 14. The number of carbonyl (C=O) groups is 5. The van der Waals surface area contributed by atoms with Crippen LogP contribution in [-0.2, 0) is 30.4 Å². The molecule has 0 bridgehead atoms. The fourth-order valence-corrected chi connectivity index (χ4v) is 3.35. The third-order valence-electron chi connectivity index (χ3n) is 5.76. The maximum atomic E-state index is 13.1. The lowest BCUT2D eigenvalue weighted by Gasteiger charge is -2.29. The van der Waals surface area contributed by atoms with Crippen molar-refractivity contribution in [3.05, 3.63) is 29.8 Å². The quantitative estimate of drug-likeness (QED) is 0.180. The van der Waals surface area contributed by atoms with Crippen LogP contribution in [-0.4, -0.2) is 69.1 Å². The number of hydrogen-bond donors (Lipinski definition) is 7. The van der Waals surface area contributed by atoms with Gasteiger partial charge in [-0.2, -0.15) is 0 Å². The van der Waals surface area contributed by atoms with Crippen molar-refractivity contribution in [2.75, 3.05) is 0 Å². The number of phenolic OH excluding ortho intramolecular Hbond substituents is 1. The molecule has 5 unspecified atom stereocenters. The van der Waals surface area contributed by atoms with Gasteiger partial charge in [0.15, 0.2) is 0 Å². The van der Waals surface area contributed by atoms with Gasteiger partial charge in [0, 0.05) is 6.42 Å². The van der Waals surface area contributed by atoms with E-state index in [1.807, 2.05) is 0 Å². The van der Waals surface area contributed by atoms with Gasteiger partial charge in [-0.1, -0.05) is 46.2 Å². The van der Waals surface area contributed by atoms with E-state index in [-0.39, 0.29) is 18.1 Å². The standard InChI is InChI=1S/C24H36N4O8/c1-5-13(4)20(23(34)26-17(24(35)36)10-14-6-8-15(29)9-7-14)28-22(33)19(12(2)3)27-21(32)16(25)11-18(30)31/h6-9,12-13,16-17,19-20,29H,5,10-11,25H2,1-4H3,(H,26,34)(H,27,32)(H,28,33)(H,30,31)(H,35,36). The van der Waals surface area contributed by atoms with Gasteiger partial charge in [-0.15, -0.1) is 0 Å². The van der Waals surface area contributed by atoms with Gasteiger partial charge < -0.3 is 37.0 Å². The van der Waals surface area contributed by atoms with E-state index in [1.54, 1.807) is 27.7 Å². The summed E-state index contributed by atoms with van der Waals surface area (Å²) in [5.74, 6) is -5.54. The van der Waals surface area contributed by atoms with Crippen LogP contribution in [0.5, 0.6) is 5.75 Å². The van der Waals surface area contributed by atoms with Crippen LogP contribution in [0.25, 0.3) is 0 Å². The Morgan fingerprint density at radius 3 is 1.86 bits per heavy atom. The van der Waals surface area contributed by atoms with E-state index in [0.29, 0.717) is 12.0 Å². The minimum atomic E-state index is -1.36. The Morgan fingerprint density at radius 1 is 0.861 bits per heavy atom. The number of aliphatic carboxylic acids is 2. The fraction of sp³-hybridized carbons (Fsp3) is 0.542. The number of aromatic hydroxyl groups is 1. The SMILES string of the molecule is CCC(C)C(NC(=O)C(NC(=O)C(N)CC(=O)O)C(C)C)C(=O)NC(Cc1ccc(O)cc1)C(=O)O. The number of nitrogens with one attached hydrogen (secondary N) is 3. The second-order valence-electron chi connectivity index (χ2n) is 9.08. The lowest BCUT2D eigenvalue weighted by atomic mass is 9.95. The van der Waals surface area contributed by atoms with Crippen LogP contribution in [0.1, 0.15) is 46.1 Å². The maximum absolute atomic E-state index is 13.1. The Hall–Kier alpha value is -3.67. The van der Waals surface area contributed by atoms with Crippen LogP contribution >= 0.6 is 0 Å². The molecule has 12 nitrogen and oxygen atoms in total. The number of hydrogen-bond acceptors (Lipinski definition) is 7. The first-order valence-corrected chi connectivity index (χ1v) is 11.7. The summed E-state index contributed by atoms with van der Waals surface area (Å²) >= 11 is 0. The summed E-state index contributed by atoms with van der Waals surface area (Å²) in [6.07, 6.45) is -0.182. The van der Waals surface area contributed by atoms with Crippen LogP contribution < -0.4 is 21.7 Å². The normalized spacial score (nSPS) is 15.2. The number of nitrogens with two attached hydrogens (primary N) is 1. The lowest BCUT2D eigenvalue weighted by Crippen LogP contribution is -2.60. The van der Waals surface area contributed by atoms with Gasteiger partial charge in [-0.25, -0.2) is 4.79 Å². The molecule has 0 aromatic heterocycles. The Morgan fingerprint density at radius 2 is 1.39 bits per heavy atom. The topological polar surface area (TPSA) is 208 Å². The molecule has 0 radical (unpaired) electrons. The first-order valence-electron chi connectivity index (χ1n) is 11.7. The zero-order valence-electron chi connectivity index (χ0n) is 20.9. The van der Waals surface area contributed by atoms with Crippen LogP contribution in [0.15, 0.2) is 24.3 Å². The highest BCUT2D eigenvalue weighted by molar-refractivity contribution is 5.95. The van der Waals surface area contributed by atoms with Gasteiger partial charge in [0.05, 0.1) is 12.5 Å². The number of carboxylic acids is 2. The number of benzene rings is 1. The second-order valence-corrected chi connectivity index (χ2v) is 9.08. The first kappa shape index (κ1) is 30.4. The predicted octanol–water partition coefficient (Wildman–Crippen LogP) is -0.0222. The van der Waals surface area contributed by atoms with E-state index >= 15 is 0 Å². The summed E-state index contributed by atoms with van der Waals surface area (Å²) in [5, 5.41) is 35.4. The second kappa shape index (κ2) is 14.0. The molecular formula is C24H36N4O8. The average Bonchev–Trinajstić information content (AvgIpc) is 2.80. The summed E-state index contributed by atoms with van der Waals surface area (Å²) in [5.41, 5.74) is 6.16. The molecular weight excluding hydrogens is 472 g/mol. The van der Waals surface area contributed by atoms with E-state index in [4.69, 9.17) is 10.8 Å². The van der Waals surface area contributed by atoms with Gasteiger partial charge in [-0.3, -0.25) is 19.2 Å². The van der Waals surface area contributed by atoms with Crippen LogP contribution in [0.3, 0.4) is 0 Å². The molecule has 5 atom stereocenters. The highest BCUT2D eigenvalue weighted by Crippen LogP contribution is 2.14. The van der Waals surface area contributed by atoms with Crippen LogP contribution in [0.4, 0.5) is 0 Å². The van der Waals surface area contributed by atoms with Crippen LogP contribution in [0.2, 0.25) is 0 Å². The highest BCUT2D eigenvalue weighted by Gasteiger charge is 2.34. The Bertz CT molecular complexity index is 935. The largest absolute Gasteiger partial charge is 0.508 e. The van der Waals surface area contributed by atoms with Gasteiger partial charge in [-0.05, 0) is 29.5 Å². The van der Waals surface area contributed by atoms with Crippen molar-refractivity contribution < 1.29 is 39.3 Å². The molecule has 0 aliphatic carbocycles. The third-order valence-corrected chi connectivity index (χ3v) is 5.76. The summed E-state index contributed by atoms with van der Waals surface area (Å²) in [4.78, 5) is 61.0. The smallest absolute Gasteiger partial charge is 0.326 e. The summed E-state index contributed by atoms with van der Waals surface area (Å²) in [6.45, 7) is 6.83. The molecule has 0 saturated heterocycles. The summed E-state index contributed by atoms with van der Waals surface area (Å²) in [7, 11) is 0. The molecule has 3 amide bonds. The number of carbonyl (C=O) groups excluding carboxylic acids is 3.